The van der Waals surface area contributed by atoms with Crippen LogP contribution in [0.4, 0.5) is 5.82 Å². The minimum absolute atomic E-state index is 0.172. The molecular formula is C25H30ClN3O4. The first-order valence-corrected chi connectivity index (χ1v) is 12.4. The van der Waals surface area contributed by atoms with Crippen LogP contribution < -0.4 is 4.90 Å². The molecule has 1 aromatic carbocycles. The van der Waals surface area contributed by atoms with E-state index in [0.29, 0.717) is 42.6 Å². The number of halogens is 1. The van der Waals surface area contributed by atoms with Gasteiger partial charge in [0.05, 0.1) is 34.9 Å². The molecule has 8 heteroatoms. The summed E-state index contributed by atoms with van der Waals surface area (Å²) in [7, 11) is 0. The Morgan fingerprint density at radius 3 is 2.73 bits per heavy atom. The molecule has 1 N–H and O–H groups in total. The van der Waals surface area contributed by atoms with E-state index in [1.54, 1.807) is 17.7 Å². The molecule has 1 unspecified atom stereocenters. The SMILES string of the molecule is CCOC(=O)C1CCN(c2nn(C(=O)c3c(Cl)cccc3C3CC3)c3c2CCCC3)C[C@H]1O. The number of ether oxygens (including phenoxy) is 1. The number of aliphatic hydroxyl groups is 1. The second kappa shape index (κ2) is 9.11. The van der Waals surface area contributed by atoms with E-state index in [4.69, 9.17) is 21.4 Å². The van der Waals surface area contributed by atoms with Crippen LogP contribution in [-0.4, -0.2) is 52.6 Å². The van der Waals surface area contributed by atoms with Gasteiger partial charge in [0, 0.05) is 18.7 Å². The second-order valence-corrected chi connectivity index (χ2v) is 9.72. The average Bonchev–Trinajstić information content (AvgIpc) is 3.58. The number of esters is 1. The zero-order chi connectivity index (χ0) is 23.1. The zero-order valence-electron chi connectivity index (χ0n) is 18.9. The Morgan fingerprint density at radius 1 is 1.21 bits per heavy atom. The zero-order valence-corrected chi connectivity index (χ0v) is 19.7. The normalized spacial score (nSPS) is 22.7. The lowest BCUT2D eigenvalue weighted by molar-refractivity contribution is -0.152. The van der Waals surface area contributed by atoms with Crippen LogP contribution >= 0.6 is 11.6 Å². The van der Waals surface area contributed by atoms with Crippen molar-refractivity contribution >= 4 is 29.3 Å². The molecule has 0 bridgehead atoms. The third kappa shape index (κ3) is 4.17. The average molecular weight is 472 g/mol. The molecule has 7 nitrogen and oxygen atoms in total. The van der Waals surface area contributed by atoms with Gasteiger partial charge in [-0.05, 0) is 69.4 Å². The molecule has 2 atom stereocenters. The molecule has 1 aromatic heterocycles. The number of β-amino-alcohol motifs (C(OH)–C–C–N with tert-alkyl or cyclic N) is 1. The van der Waals surface area contributed by atoms with Crippen molar-refractivity contribution in [2.75, 3.05) is 24.6 Å². The molecule has 2 aromatic rings. The summed E-state index contributed by atoms with van der Waals surface area (Å²) in [5.74, 6) is 0.0996. The molecule has 2 fully saturated rings. The molecule has 2 aliphatic carbocycles. The summed E-state index contributed by atoms with van der Waals surface area (Å²) >= 11 is 6.53. The molecule has 1 saturated carbocycles. The van der Waals surface area contributed by atoms with Crippen molar-refractivity contribution < 1.29 is 19.4 Å². The Bertz CT molecular complexity index is 1080. The van der Waals surface area contributed by atoms with Gasteiger partial charge in [0.25, 0.3) is 5.91 Å². The number of carbonyl (C=O) groups is 2. The molecule has 0 radical (unpaired) electrons. The molecule has 1 saturated heterocycles. The maximum atomic E-state index is 13.8. The molecule has 33 heavy (non-hydrogen) atoms. The van der Waals surface area contributed by atoms with Crippen LogP contribution in [-0.2, 0) is 22.4 Å². The second-order valence-electron chi connectivity index (χ2n) is 9.31. The lowest BCUT2D eigenvalue weighted by atomic mass is 9.92. The van der Waals surface area contributed by atoms with Crippen molar-refractivity contribution in [2.24, 2.45) is 5.92 Å². The highest BCUT2D eigenvalue weighted by atomic mass is 35.5. The Morgan fingerprint density at radius 2 is 2.00 bits per heavy atom. The van der Waals surface area contributed by atoms with Crippen LogP contribution in [0.15, 0.2) is 18.2 Å². The van der Waals surface area contributed by atoms with E-state index in [9.17, 15) is 14.7 Å². The number of carbonyl (C=O) groups excluding carboxylic acids is 2. The third-order valence-corrected chi connectivity index (χ3v) is 7.41. The smallest absolute Gasteiger partial charge is 0.311 e. The van der Waals surface area contributed by atoms with Crippen molar-refractivity contribution in [2.45, 2.75) is 63.9 Å². The van der Waals surface area contributed by atoms with Gasteiger partial charge in [-0.1, -0.05) is 23.7 Å². The van der Waals surface area contributed by atoms with Crippen LogP contribution in [0.2, 0.25) is 5.02 Å². The number of benzene rings is 1. The monoisotopic (exact) mass is 471 g/mol. The van der Waals surface area contributed by atoms with Crippen molar-refractivity contribution in [1.29, 1.82) is 0 Å². The number of nitrogens with zero attached hydrogens (tertiary/aromatic N) is 3. The number of aliphatic hydroxyl groups excluding tert-OH is 1. The number of hydrogen-bond donors (Lipinski definition) is 1. The number of anilines is 1. The predicted octanol–water partition coefficient (Wildman–Crippen LogP) is 3.73. The van der Waals surface area contributed by atoms with Gasteiger partial charge in [-0.15, -0.1) is 5.10 Å². The third-order valence-electron chi connectivity index (χ3n) is 7.10. The van der Waals surface area contributed by atoms with Crippen molar-refractivity contribution in [3.05, 3.63) is 45.6 Å². The van der Waals surface area contributed by atoms with Crippen molar-refractivity contribution in [1.82, 2.24) is 9.78 Å². The summed E-state index contributed by atoms with van der Waals surface area (Å²) in [5, 5.41) is 15.9. The van der Waals surface area contributed by atoms with E-state index in [1.807, 2.05) is 17.0 Å². The maximum absolute atomic E-state index is 13.8. The first-order valence-electron chi connectivity index (χ1n) is 12.0. The number of piperidine rings is 1. The van der Waals surface area contributed by atoms with E-state index < -0.39 is 12.0 Å². The number of hydrogen-bond acceptors (Lipinski definition) is 6. The fourth-order valence-electron chi connectivity index (χ4n) is 5.26. The lowest BCUT2D eigenvalue weighted by Crippen LogP contribution is -2.47. The van der Waals surface area contributed by atoms with Gasteiger partial charge in [0.1, 0.15) is 0 Å². The lowest BCUT2D eigenvalue weighted by Gasteiger charge is -2.35. The van der Waals surface area contributed by atoms with Crippen molar-refractivity contribution in [3.63, 3.8) is 0 Å². The summed E-state index contributed by atoms with van der Waals surface area (Å²) in [6, 6.07) is 5.68. The van der Waals surface area contributed by atoms with Gasteiger partial charge in [-0.25, -0.2) is 0 Å². The fourth-order valence-corrected chi connectivity index (χ4v) is 5.52. The van der Waals surface area contributed by atoms with E-state index in [0.717, 1.165) is 61.2 Å². The Kier molecular flexibility index (Phi) is 6.18. The van der Waals surface area contributed by atoms with E-state index >= 15 is 0 Å². The quantitative estimate of drug-likeness (QED) is 0.669. The number of rotatable bonds is 5. The Balaban J connectivity index is 1.47. The summed E-state index contributed by atoms with van der Waals surface area (Å²) < 4.78 is 6.68. The molecule has 176 valence electrons. The molecular weight excluding hydrogens is 442 g/mol. The summed E-state index contributed by atoms with van der Waals surface area (Å²) in [4.78, 5) is 28.0. The first kappa shape index (κ1) is 22.4. The fraction of sp³-hybridized carbons (Fsp3) is 0.560. The van der Waals surface area contributed by atoms with Crippen LogP contribution in [0.5, 0.6) is 0 Å². The highest BCUT2D eigenvalue weighted by molar-refractivity contribution is 6.34. The summed E-state index contributed by atoms with van der Waals surface area (Å²) in [6.07, 6.45) is 5.52. The van der Waals surface area contributed by atoms with Crippen LogP contribution in [0.25, 0.3) is 0 Å². The van der Waals surface area contributed by atoms with Gasteiger partial charge in [0.15, 0.2) is 5.82 Å². The van der Waals surface area contributed by atoms with Gasteiger partial charge in [0.2, 0.25) is 0 Å². The van der Waals surface area contributed by atoms with Crippen LogP contribution in [0, 0.1) is 5.92 Å². The summed E-state index contributed by atoms with van der Waals surface area (Å²) in [5.41, 5.74) is 3.60. The Labute approximate surface area is 198 Å². The molecule has 1 aliphatic heterocycles. The van der Waals surface area contributed by atoms with Crippen LogP contribution in [0.1, 0.15) is 72.1 Å². The highest BCUT2D eigenvalue weighted by Crippen LogP contribution is 2.43. The van der Waals surface area contributed by atoms with Gasteiger partial charge in [-0.3, -0.25) is 9.59 Å². The maximum Gasteiger partial charge on any atom is 0.311 e. The standard InChI is InChI=1S/C25H30ClN3O4/c1-2-33-25(32)18-12-13-28(14-21(18)30)23-17-6-3-4-9-20(17)29(27-23)24(31)22-16(15-10-11-15)7-5-8-19(22)26/h5,7-8,15,18,21,30H,2-4,6,9-14H2,1H3/t18?,21-/m1/s1. The molecule has 2 heterocycles. The Hall–Kier alpha value is -2.38. The van der Waals surface area contributed by atoms with Gasteiger partial charge in [-0.2, -0.15) is 4.68 Å². The minimum atomic E-state index is -0.831. The van der Waals surface area contributed by atoms with Crippen LogP contribution in [0.3, 0.4) is 0 Å². The highest BCUT2D eigenvalue weighted by Gasteiger charge is 2.37. The van der Waals surface area contributed by atoms with E-state index in [1.165, 1.54) is 0 Å². The van der Waals surface area contributed by atoms with E-state index in [-0.39, 0.29) is 11.9 Å². The molecule has 0 spiro atoms. The largest absolute Gasteiger partial charge is 0.466 e. The first-order chi connectivity index (χ1) is 16.0. The van der Waals surface area contributed by atoms with Gasteiger partial charge < -0.3 is 14.7 Å². The van der Waals surface area contributed by atoms with E-state index in [2.05, 4.69) is 0 Å². The topological polar surface area (TPSA) is 84.7 Å². The molecule has 5 rings (SSSR count). The minimum Gasteiger partial charge on any atom is -0.466 e. The predicted molar refractivity (Wildman–Crippen MR) is 125 cm³/mol. The number of fused-ring (bicyclic) bond motifs is 1. The van der Waals surface area contributed by atoms with Gasteiger partial charge >= 0.3 is 5.97 Å². The number of aromatic nitrogens is 2. The molecule has 3 aliphatic rings. The molecule has 0 amide bonds. The van der Waals surface area contributed by atoms with Crippen molar-refractivity contribution in [3.8, 4) is 0 Å². The summed E-state index contributed by atoms with van der Waals surface area (Å²) in [6.45, 7) is 2.94.